The first-order chi connectivity index (χ1) is 9.51. The van der Waals surface area contributed by atoms with E-state index < -0.39 is 5.54 Å². The van der Waals surface area contributed by atoms with Crippen molar-refractivity contribution in [2.75, 3.05) is 13.2 Å². The first kappa shape index (κ1) is 15.1. The van der Waals surface area contributed by atoms with Crippen LogP contribution in [0.3, 0.4) is 0 Å². The van der Waals surface area contributed by atoms with Gasteiger partial charge in [-0.3, -0.25) is 5.32 Å². The van der Waals surface area contributed by atoms with E-state index in [0.717, 1.165) is 15.4 Å². The summed E-state index contributed by atoms with van der Waals surface area (Å²) in [6.07, 6.45) is 0. The Hall–Kier alpha value is -1.33. The Labute approximate surface area is 126 Å². The molecular formula is C15H18BrNO3. The SMILES string of the molecule is CCNC(C)(C(=O)OCC)c1cc2cc(Br)ccc2o1. The van der Waals surface area contributed by atoms with Crippen molar-refractivity contribution in [2.45, 2.75) is 26.3 Å². The topological polar surface area (TPSA) is 51.5 Å². The van der Waals surface area contributed by atoms with Crippen molar-refractivity contribution < 1.29 is 13.9 Å². The summed E-state index contributed by atoms with van der Waals surface area (Å²) in [5, 5.41) is 4.10. The Bertz CT molecular complexity index is 623. The molecule has 4 nitrogen and oxygen atoms in total. The second kappa shape index (κ2) is 5.97. The van der Waals surface area contributed by atoms with Crippen LogP contribution in [-0.4, -0.2) is 19.1 Å². The minimum Gasteiger partial charge on any atom is -0.464 e. The smallest absolute Gasteiger partial charge is 0.333 e. The van der Waals surface area contributed by atoms with Crippen LogP contribution in [0.2, 0.25) is 0 Å². The second-order valence-corrected chi connectivity index (χ2v) is 5.58. The summed E-state index contributed by atoms with van der Waals surface area (Å²) in [6, 6.07) is 7.62. The van der Waals surface area contributed by atoms with E-state index in [2.05, 4.69) is 21.2 Å². The molecule has 0 spiro atoms. The summed E-state index contributed by atoms with van der Waals surface area (Å²) < 4.78 is 12.0. The van der Waals surface area contributed by atoms with E-state index in [1.807, 2.05) is 31.2 Å². The van der Waals surface area contributed by atoms with Gasteiger partial charge in [0.05, 0.1) is 6.61 Å². The predicted molar refractivity (Wildman–Crippen MR) is 81.6 cm³/mol. The van der Waals surface area contributed by atoms with Gasteiger partial charge in [0.2, 0.25) is 0 Å². The molecule has 0 aliphatic rings. The molecule has 20 heavy (non-hydrogen) atoms. The first-order valence-electron chi connectivity index (χ1n) is 6.63. The lowest BCUT2D eigenvalue weighted by atomic mass is 9.98. The van der Waals surface area contributed by atoms with Gasteiger partial charge in [-0.1, -0.05) is 22.9 Å². The fourth-order valence-electron chi connectivity index (χ4n) is 2.15. The van der Waals surface area contributed by atoms with E-state index in [4.69, 9.17) is 9.15 Å². The lowest BCUT2D eigenvalue weighted by molar-refractivity contribution is -0.151. The molecule has 0 saturated carbocycles. The van der Waals surface area contributed by atoms with Gasteiger partial charge in [0, 0.05) is 9.86 Å². The van der Waals surface area contributed by atoms with E-state index in [1.165, 1.54) is 0 Å². The summed E-state index contributed by atoms with van der Waals surface area (Å²) in [4.78, 5) is 12.2. The highest BCUT2D eigenvalue weighted by molar-refractivity contribution is 9.10. The molecule has 1 atom stereocenters. The van der Waals surface area contributed by atoms with Gasteiger partial charge in [-0.05, 0) is 44.7 Å². The number of likely N-dealkylation sites (N-methyl/N-ethyl adjacent to an activating group) is 1. The predicted octanol–water partition coefficient (Wildman–Crippen LogP) is 3.58. The molecule has 1 unspecified atom stereocenters. The molecule has 0 radical (unpaired) electrons. The fourth-order valence-corrected chi connectivity index (χ4v) is 2.53. The third kappa shape index (κ3) is 2.74. The van der Waals surface area contributed by atoms with Crippen LogP contribution in [0, 0.1) is 0 Å². The van der Waals surface area contributed by atoms with Gasteiger partial charge in [-0.25, -0.2) is 4.79 Å². The first-order valence-corrected chi connectivity index (χ1v) is 7.42. The van der Waals surface area contributed by atoms with Gasteiger partial charge >= 0.3 is 5.97 Å². The Kier molecular flexibility index (Phi) is 4.50. The monoisotopic (exact) mass is 339 g/mol. The molecule has 0 aliphatic carbocycles. The van der Waals surface area contributed by atoms with E-state index >= 15 is 0 Å². The van der Waals surface area contributed by atoms with Crippen LogP contribution >= 0.6 is 15.9 Å². The average molecular weight is 340 g/mol. The van der Waals surface area contributed by atoms with Crippen LogP contribution in [0.1, 0.15) is 26.5 Å². The minimum absolute atomic E-state index is 0.333. The fraction of sp³-hybridized carbons (Fsp3) is 0.400. The number of rotatable bonds is 5. The summed E-state index contributed by atoms with van der Waals surface area (Å²) in [5.74, 6) is 0.228. The number of hydrogen-bond acceptors (Lipinski definition) is 4. The summed E-state index contributed by atoms with van der Waals surface area (Å²) in [6.45, 7) is 6.49. The molecule has 1 aromatic heterocycles. The highest BCUT2D eigenvalue weighted by Crippen LogP contribution is 2.30. The molecule has 0 amide bonds. The van der Waals surface area contributed by atoms with Crippen molar-refractivity contribution in [3.05, 3.63) is 34.5 Å². The number of carbonyl (C=O) groups is 1. The zero-order valence-corrected chi connectivity index (χ0v) is 13.4. The Morgan fingerprint density at radius 2 is 2.15 bits per heavy atom. The molecule has 1 aromatic carbocycles. The molecule has 0 saturated heterocycles. The second-order valence-electron chi connectivity index (χ2n) is 4.67. The van der Waals surface area contributed by atoms with Crippen LogP contribution < -0.4 is 5.32 Å². The van der Waals surface area contributed by atoms with Crippen LogP contribution in [-0.2, 0) is 15.1 Å². The molecule has 2 aromatic rings. The Morgan fingerprint density at radius 3 is 2.80 bits per heavy atom. The summed E-state index contributed by atoms with van der Waals surface area (Å²) in [7, 11) is 0. The molecule has 1 N–H and O–H groups in total. The number of ether oxygens (including phenoxy) is 1. The van der Waals surface area contributed by atoms with E-state index in [0.29, 0.717) is 18.9 Å². The third-order valence-corrected chi connectivity index (χ3v) is 3.68. The maximum absolute atomic E-state index is 12.2. The van der Waals surface area contributed by atoms with Crippen molar-refractivity contribution in [3.63, 3.8) is 0 Å². The normalized spacial score (nSPS) is 14.2. The third-order valence-electron chi connectivity index (χ3n) is 3.19. The van der Waals surface area contributed by atoms with Gasteiger partial charge in [0.25, 0.3) is 0 Å². The minimum atomic E-state index is -0.976. The summed E-state index contributed by atoms with van der Waals surface area (Å²) >= 11 is 3.43. The van der Waals surface area contributed by atoms with Crippen LogP contribution in [0.25, 0.3) is 11.0 Å². The van der Waals surface area contributed by atoms with Gasteiger partial charge in [0.1, 0.15) is 11.3 Å². The van der Waals surface area contributed by atoms with E-state index in [1.54, 1.807) is 13.8 Å². The lowest BCUT2D eigenvalue weighted by Gasteiger charge is -2.25. The number of benzene rings is 1. The lowest BCUT2D eigenvalue weighted by Crippen LogP contribution is -2.47. The summed E-state index contributed by atoms with van der Waals surface area (Å²) in [5.41, 5.74) is -0.229. The van der Waals surface area contributed by atoms with Crippen molar-refractivity contribution in [2.24, 2.45) is 0 Å². The zero-order valence-electron chi connectivity index (χ0n) is 11.8. The van der Waals surface area contributed by atoms with Gasteiger partial charge in [-0.15, -0.1) is 0 Å². The van der Waals surface area contributed by atoms with Gasteiger partial charge < -0.3 is 9.15 Å². The van der Waals surface area contributed by atoms with Crippen molar-refractivity contribution in [3.8, 4) is 0 Å². The number of hydrogen-bond donors (Lipinski definition) is 1. The molecule has 1 heterocycles. The van der Waals surface area contributed by atoms with Crippen LogP contribution in [0.5, 0.6) is 0 Å². The molecule has 2 rings (SSSR count). The number of fused-ring (bicyclic) bond motifs is 1. The number of nitrogens with one attached hydrogen (secondary N) is 1. The molecule has 108 valence electrons. The van der Waals surface area contributed by atoms with Crippen molar-refractivity contribution >= 4 is 32.9 Å². The average Bonchev–Trinajstić information content (AvgIpc) is 2.82. The standard InChI is InChI=1S/C15H18BrNO3/c1-4-17-15(3,14(18)19-5-2)13-9-10-8-11(16)6-7-12(10)20-13/h6-9,17H,4-5H2,1-3H3. The number of furan rings is 1. The number of esters is 1. The number of carbonyl (C=O) groups excluding carboxylic acids is 1. The quantitative estimate of drug-likeness (QED) is 0.846. The molecular weight excluding hydrogens is 322 g/mol. The van der Waals surface area contributed by atoms with Gasteiger partial charge in [-0.2, -0.15) is 0 Å². The van der Waals surface area contributed by atoms with Crippen LogP contribution in [0.15, 0.2) is 33.2 Å². The van der Waals surface area contributed by atoms with E-state index in [9.17, 15) is 4.79 Å². The van der Waals surface area contributed by atoms with Crippen molar-refractivity contribution in [1.29, 1.82) is 0 Å². The number of halogens is 1. The molecule has 0 bridgehead atoms. The van der Waals surface area contributed by atoms with E-state index in [-0.39, 0.29) is 5.97 Å². The Morgan fingerprint density at radius 1 is 1.40 bits per heavy atom. The zero-order chi connectivity index (χ0) is 14.8. The molecule has 0 aliphatic heterocycles. The largest absolute Gasteiger partial charge is 0.464 e. The highest BCUT2D eigenvalue weighted by Gasteiger charge is 2.39. The van der Waals surface area contributed by atoms with Crippen molar-refractivity contribution in [1.82, 2.24) is 5.32 Å². The van der Waals surface area contributed by atoms with Gasteiger partial charge in [0.15, 0.2) is 5.54 Å². The highest BCUT2D eigenvalue weighted by atomic mass is 79.9. The van der Waals surface area contributed by atoms with Crippen LogP contribution in [0.4, 0.5) is 0 Å². The molecule has 0 fully saturated rings. The maximum atomic E-state index is 12.2. The molecule has 5 heteroatoms. The Balaban J connectivity index is 2.48. The maximum Gasteiger partial charge on any atom is 0.333 e.